The third kappa shape index (κ3) is 3.90. The van der Waals surface area contributed by atoms with E-state index in [1.807, 2.05) is 36.5 Å². The van der Waals surface area contributed by atoms with Crippen molar-refractivity contribution in [1.82, 2.24) is 9.97 Å². The Balaban J connectivity index is 1.95. The van der Waals surface area contributed by atoms with E-state index < -0.39 is 0 Å². The van der Waals surface area contributed by atoms with Crippen LogP contribution in [0.4, 0.5) is 0 Å². The van der Waals surface area contributed by atoms with Gasteiger partial charge in [-0.1, -0.05) is 42.3 Å². The summed E-state index contributed by atoms with van der Waals surface area (Å²) in [6, 6.07) is 15.6. The van der Waals surface area contributed by atoms with Gasteiger partial charge in [-0.05, 0) is 48.4 Å². The lowest BCUT2D eigenvalue weighted by Gasteiger charge is -2.14. The van der Waals surface area contributed by atoms with Gasteiger partial charge in [0.2, 0.25) is 0 Å². The lowest BCUT2D eigenvalue weighted by Crippen LogP contribution is -2.03. The van der Waals surface area contributed by atoms with Gasteiger partial charge in [0.25, 0.3) is 0 Å². The molecule has 116 valence electrons. The number of benzene rings is 1. The van der Waals surface area contributed by atoms with E-state index in [0.29, 0.717) is 16.0 Å². The zero-order valence-corrected chi connectivity index (χ0v) is 14.2. The van der Waals surface area contributed by atoms with Crippen molar-refractivity contribution in [1.29, 1.82) is 0 Å². The Kier molecular flexibility index (Phi) is 4.94. The van der Waals surface area contributed by atoms with Gasteiger partial charge >= 0.3 is 0 Å². The van der Waals surface area contributed by atoms with Crippen LogP contribution in [0.5, 0.6) is 0 Å². The zero-order chi connectivity index (χ0) is 16.2. The summed E-state index contributed by atoms with van der Waals surface area (Å²) in [5, 5.41) is 1.23. The Morgan fingerprint density at radius 3 is 2.35 bits per heavy atom. The second-order valence-corrected chi connectivity index (χ2v) is 6.40. The van der Waals surface area contributed by atoms with Gasteiger partial charge in [-0.2, -0.15) is 0 Å². The summed E-state index contributed by atoms with van der Waals surface area (Å²) in [5.74, 6) is 0.300. The molecule has 2 nitrogen and oxygen atoms in total. The minimum absolute atomic E-state index is 0.300. The fraction of sp³-hybridized carbons (Fsp3) is 0.158. The molecular weight excluding hydrogens is 327 g/mol. The largest absolute Gasteiger partial charge is 0.261 e. The molecule has 0 saturated heterocycles. The highest BCUT2D eigenvalue weighted by Crippen LogP contribution is 2.30. The molecule has 2 heterocycles. The lowest BCUT2D eigenvalue weighted by atomic mass is 9.94. The van der Waals surface area contributed by atoms with Gasteiger partial charge in [0.15, 0.2) is 0 Å². The number of hydrogen-bond acceptors (Lipinski definition) is 2. The number of hydrogen-bond donors (Lipinski definition) is 0. The Hall–Kier alpha value is -1.90. The Bertz CT molecular complexity index is 783. The summed E-state index contributed by atoms with van der Waals surface area (Å²) in [5.41, 5.74) is 4.08. The normalized spacial score (nSPS) is 12.1. The van der Waals surface area contributed by atoms with Crippen molar-refractivity contribution >= 4 is 23.2 Å². The number of pyridine rings is 2. The first-order valence-electron chi connectivity index (χ1n) is 7.45. The first-order valence-corrected chi connectivity index (χ1v) is 8.20. The number of rotatable bonds is 4. The molecule has 2 aromatic heterocycles. The fourth-order valence-corrected chi connectivity index (χ4v) is 3.18. The molecule has 0 aliphatic rings. The Morgan fingerprint density at radius 2 is 1.65 bits per heavy atom. The smallest absolute Gasteiger partial charge is 0.0735 e. The molecule has 0 bridgehead atoms. The van der Waals surface area contributed by atoms with E-state index in [1.165, 1.54) is 0 Å². The second-order valence-electron chi connectivity index (χ2n) is 5.53. The summed E-state index contributed by atoms with van der Waals surface area (Å²) >= 11 is 12.3. The minimum atomic E-state index is 0.300. The van der Waals surface area contributed by atoms with Crippen molar-refractivity contribution in [2.24, 2.45) is 0 Å². The van der Waals surface area contributed by atoms with E-state index in [2.05, 4.69) is 29.0 Å². The van der Waals surface area contributed by atoms with Crippen LogP contribution in [-0.2, 0) is 6.42 Å². The Morgan fingerprint density at radius 1 is 0.913 bits per heavy atom. The van der Waals surface area contributed by atoms with Gasteiger partial charge in [-0.3, -0.25) is 9.97 Å². The minimum Gasteiger partial charge on any atom is -0.261 e. The highest BCUT2D eigenvalue weighted by atomic mass is 35.5. The zero-order valence-electron chi connectivity index (χ0n) is 12.7. The third-order valence-corrected chi connectivity index (χ3v) is 4.18. The van der Waals surface area contributed by atoms with E-state index in [1.54, 1.807) is 12.3 Å². The molecule has 0 N–H and O–H groups in total. The molecule has 0 amide bonds. The number of aromatic nitrogens is 2. The maximum Gasteiger partial charge on any atom is 0.0735 e. The summed E-state index contributed by atoms with van der Waals surface area (Å²) in [6.07, 6.45) is 4.47. The molecule has 0 fully saturated rings. The Labute approximate surface area is 146 Å². The monoisotopic (exact) mass is 342 g/mol. The average Bonchev–Trinajstić information content (AvgIpc) is 2.55. The van der Waals surface area contributed by atoms with Crippen LogP contribution in [0.3, 0.4) is 0 Å². The average molecular weight is 343 g/mol. The van der Waals surface area contributed by atoms with E-state index in [9.17, 15) is 0 Å². The van der Waals surface area contributed by atoms with Crippen LogP contribution in [0.2, 0.25) is 10.0 Å². The van der Waals surface area contributed by atoms with Crippen molar-refractivity contribution in [3.8, 4) is 11.3 Å². The lowest BCUT2D eigenvalue weighted by molar-refractivity contribution is 0.730. The highest BCUT2D eigenvalue weighted by molar-refractivity contribution is 6.35. The highest BCUT2D eigenvalue weighted by Gasteiger charge is 2.13. The molecular formula is C19H16Cl2N2. The summed E-state index contributed by atoms with van der Waals surface area (Å²) in [7, 11) is 0. The van der Waals surface area contributed by atoms with Gasteiger partial charge in [-0.15, -0.1) is 0 Å². The van der Waals surface area contributed by atoms with Crippen molar-refractivity contribution in [3.63, 3.8) is 0 Å². The van der Waals surface area contributed by atoms with E-state index in [0.717, 1.165) is 28.9 Å². The van der Waals surface area contributed by atoms with Crippen LogP contribution in [0.25, 0.3) is 11.3 Å². The molecule has 23 heavy (non-hydrogen) atoms. The molecule has 3 rings (SSSR count). The summed E-state index contributed by atoms with van der Waals surface area (Å²) in [6.45, 7) is 2.17. The first kappa shape index (κ1) is 16.0. The van der Waals surface area contributed by atoms with Crippen LogP contribution >= 0.6 is 23.2 Å². The topological polar surface area (TPSA) is 25.8 Å². The van der Waals surface area contributed by atoms with E-state index in [-0.39, 0.29) is 0 Å². The van der Waals surface area contributed by atoms with E-state index in [4.69, 9.17) is 23.2 Å². The van der Waals surface area contributed by atoms with Gasteiger partial charge in [0, 0.05) is 39.6 Å². The third-order valence-electron chi connectivity index (χ3n) is 3.75. The van der Waals surface area contributed by atoms with Gasteiger partial charge in [-0.25, -0.2) is 0 Å². The van der Waals surface area contributed by atoms with Crippen molar-refractivity contribution in [2.45, 2.75) is 19.3 Å². The number of halogens is 2. The summed E-state index contributed by atoms with van der Waals surface area (Å²) in [4.78, 5) is 8.98. The van der Waals surface area contributed by atoms with Gasteiger partial charge in [0.1, 0.15) is 0 Å². The van der Waals surface area contributed by atoms with E-state index >= 15 is 0 Å². The quantitative estimate of drug-likeness (QED) is 0.599. The first-order chi connectivity index (χ1) is 11.1. The standard InChI is InChI=1S/C19H16Cl2N2/c1-13(18-6-2-3-7-22-18)9-14-5-4-8-23-19(14)15-10-16(20)12-17(21)11-15/h2-8,10-13H,9H2,1H3. The van der Waals surface area contributed by atoms with Crippen molar-refractivity contribution in [2.75, 3.05) is 0 Å². The summed E-state index contributed by atoms with van der Waals surface area (Å²) < 4.78 is 0. The maximum atomic E-state index is 6.13. The molecule has 0 aliphatic heterocycles. The van der Waals surface area contributed by atoms with Crippen molar-refractivity contribution < 1.29 is 0 Å². The van der Waals surface area contributed by atoms with Crippen LogP contribution in [0, 0.1) is 0 Å². The van der Waals surface area contributed by atoms with Gasteiger partial charge in [0.05, 0.1) is 5.69 Å². The second kappa shape index (κ2) is 7.12. The predicted molar refractivity (Wildman–Crippen MR) is 96.0 cm³/mol. The molecule has 0 radical (unpaired) electrons. The van der Waals surface area contributed by atoms with Crippen molar-refractivity contribution in [3.05, 3.63) is 82.2 Å². The van der Waals surface area contributed by atoms with Crippen LogP contribution in [-0.4, -0.2) is 9.97 Å². The number of nitrogens with zero attached hydrogens (tertiary/aromatic N) is 2. The van der Waals surface area contributed by atoms with Crippen LogP contribution in [0.1, 0.15) is 24.1 Å². The fourth-order valence-electron chi connectivity index (χ4n) is 2.66. The molecule has 1 atom stereocenters. The molecule has 1 unspecified atom stereocenters. The predicted octanol–water partition coefficient (Wildman–Crippen LogP) is 5.80. The molecule has 1 aromatic carbocycles. The van der Waals surface area contributed by atoms with Crippen LogP contribution in [0.15, 0.2) is 60.9 Å². The van der Waals surface area contributed by atoms with Gasteiger partial charge < -0.3 is 0 Å². The molecule has 4 heteroatoms. The molecule has 3 aromatic rings. The molecule has 0 aliphatic carbocycles. The molecule has 0 spiro atoms. The van der Waals surface area contributed by atoms with Crippen LogP contribution < -0.4 is 0 Å². The molecule has 0 saturated carbocycles. The SMILES string of the molecule is CC(Cc1cccnc1-c1cc(Cl)cc(Cl)c1)c1ccccn1. The maximum absolute atomic E-state index is 6.13.